The number of benzene rings is 1. The Morgan fingerprint density at radius 1 is 1.13 bits per heavy atom. The van der Waals surface area contributed by atoms with Crippen molar-refractivity contribution in [3.05, 3.63) is 77.6 Å². The maximum absolute atomic E-state index is 12.4. The van der Waals surface area contributed by atoms with E-state index in [1.165, 1.54) is 11.8 Å². The van der Waals surface area contributed by atoms with Gasteiger partial charge >= 0.3 is 0 Å². The Hall–Kier alpha value is -2.97. The van der Waals surface area contributed by atoms with Gasteiger partial charge in [-0.15, -0.1) is 10.2 Å². The second kappa shape index (κ2) is 9.23. The molecule has 1 amide bonds. The molecule has 0 aliphatic carbocycles. The molecule has 4 aromatic rings. The van der Waals surface area contributed by atoms with E-state index in [-0.39, 0.29) is 17.7 Å². The molecule has 30 heavy (non-hydrogen) atoms. The minimum absolute atomic E-state index is 0.121. The summed E-state index contributed by atoms with van der Waals surface area (Å²) in [6.45, 7) is 2.32. The number of thioether (sulfide) groups is 1. The highest BCUT2D eigenvalue weighted by molar-refractivity contribution is 7.99. The van der Waals surface area contributed by atoms with Gasteiger partial charge in [-0.2, -0.15) is 0 Å². The molecule has 0 fully saturated rings. The summed E-state index contributed by atoms with van der Waals surface area (Å²) in [7, 11) is 0. The Morgan fingerprint density at radius 2 is 1.90 bits per heavy atom. The van der Waals surface area contributed by atoms with Gasteiger partial charge in [-0.05, 0) is 55.5 Å². The molecule has 1 N–H and O–H groups in total. The van der Waals surface area contributed by atoms with Gasteiger partial charge in [-0.25, -0.2) is 0 Å². The highest BCUT2D eigenvalue weighted by Gasteiger charge is 2.18. The predicted octanol–water partition coefficient (Wildman–Crippen LogP) is 4.80. The molecule has 9 heteroatoms. The van der Waals surface area contributed by atoms with E-state index in [1.54, 1.807) is 30.7 Å². The fraction of sp³-hybridized carbons (Fsp3) is 0.190. The van der Waals surface area contributed by atoms with Gasteiger partial charge in [0.25, 0.3) is 0 Å². The Morgan fingerprint density at radius 3 is 2.60 bits per heavy atom. The van der Waals surface area contributed by atoms with E-state index < -0.39 is 0 Å². The standard InChI is InChI=1S/C21H19ClN4O3S/c1-14(18-5-3-11-29-18)23-19(27)13-30-21-25-24-20(15-6-8-16(22)9-7-15)26(21)12-17-4-2-10-28-17/h2-11,14H,12-13H2,1H3,(H,23,27). The van der Waals surface area contributed by atoms with Crippen molar-refractivity contribution < 1.29 is 13.6 Å². The maximum Gasteiger partial charge on any atom is 0.231 e. The lowest BCUT2D eigenvalue weighted by molar-refractivity contribution is -0.119. The Kier molecular flexibility index (Phi) is 6.25. The molecule has 1 unspecified atom stereocenters. The first-order valence-corrected chi connectivity index (χ1v) is 10.6. The summed E-state index contributed by atoms with van der Waals surface area (Å²) in [5.41, 5.74) is 0.876. The molecule has 1 atom stereocenters. The van der Waals surface area contributed by atoms with Crippen molar-refractivity contribution in [2.75, 3.05) is 5.75 Å². The van der Waals surface area contributed by atoms with Crippen molar-refractivity contribution in [3.63, 3.8) is 0 Å². The number of rotatable bonds is 8. The SMILES string of the molecule is CC(NC(=O)CSc1nnc(-c2ccc(Cl)cc2)n1Cc1ccco1)c1ccco1. The molecule has 0 bridgehead atoms. The quantitative estimate of drug-likeness (QED) is 0.394. The number of nitrogens with one attached hydrogen (secondary N) is 1. The lowest BCUT2D eigenvalue weighted by atomic mass is 10.2. The van der Waals surface area contributed by atoms with Gasteiger partial charge in [0.1, 0.15) is 11.5 Å². The summed E-state index contributed by atoms with van der Waals surface area (Å²) < 4.78 is 12.8. The number of nitrogens with zero attached hydrogens (tertiary/aromatic N) is 3. The van der Waals surface area contributed by atoms with Crippen LogP contribution in [0.15, 0.2) is 75.0 Å². The van der Waals surface area contributed by atoms with Gasteiger partial charge in [-0.1, -0.05) is 23.4 Å². The van der Waals surface area contributed by atoms with Crippen LogP contribution in [0.3, 0.4) is 0 Å². The number of hydrogen-bond donors (Lipinski definition) is 1. The zero-order valence-corrected chi connectivity index (χ0v) is 17.7. The average molecular weight is 443 g/mol. The van der Waals surface area contributed by atoms with Crippen LogP contribution < -0.4 is 5.32 Å². The predicted molar refractivity (Wildman–Crippen MR) is 114 cm³/mol. The van der Waals surface area contributed by atoms with E-state index >= 15 is 0 Å². The molecule has 0 aliphatic rings. The van der Waals surface area contributed by atoms with Crippen LogP contribution in [0.25, 0.3) is 11.4 Å². The number of carbonyl (C=O) groups is 1. The second-order valence-corrected chi connectivity index (χ2v) is 7.95. The van der Waals surface area contributed by atoms with E-state index in [9.17, 15) is 4.79 Å². The van der Waals surface area contributed by atoms with Crippen LogP contribution >= 0.6 is 23.4 Å². The van der Waals surface area contributed by atoms with E-state index in [1.807, 2.05) is 41.8 Å². The first kappa shape index (κ1) is 20.3. The third-order valence-corrected chi connectivity index (χ3v) is 5.61. The van der Waals surface area contributed by atoms with Gasteiger partial charge in [-0.3, -0.25) is 9.36 Å². The topological polar surface area (TPSA) is 86.1 Å². The van der Waals surface area contributed by atoms with Crippen LogP contribution in [0.5, 0.6) is 0 Å². The monoisotopic (exact) mass is 442 g/mol. The number of aromatic nitrogens is 3. The summed E-state index contributed by atoms with van der Waals surface area (Å²) in [6.07, 6.45) is 3.21. The summed E-state index contributed by atoms with van der Waals surface area (Å²) in [5, 5.41) is 12.8. The first-order valence-electron chi connectivity index (χ1n) is 9.27. The third-order valence-electron chi connectivity index (χ3n) is 4.39. The Balaban J connectivity index is 1.50. The number of hydrogen-bond acceptors (Lipinski definition) is 6. The zero-order valence-electron chi connectivity index (χ0n) is 16.1. The first-order chi connectivity index (χ1) is 14.6. The van der Waals surface area contributed by atoms with Gasteiger partial charge in [0.2, 0.25) is 5.91 Å². The minimum atomic E-state index is -0.210. The summed E-state index contributed by atoms with van der Waals surface area (Å²) in [5.74, 6) is 2.23. The molecule has 0 radical (unpaired) electrons. The molecule has 0 saturated carbocycles. The number of amides is 1. The maximum atomic E-state index is 12.4. The van der Waals surface area contributed by atoms with Crippen molar-refractivity contribution in [1.82, 2.24) is 20.1 Å². The van der Waals surface area contributed by atoms with Crippen molar-refractivity contribution in [3.8, 4) is 11.4 Å². The van der Waals surface area contributed by atoms with Gasteiger partial charge in [0.05, 0.1) is 30.9 Å². The highest BCUT2D eigenvalue weighted by Crippen LogP contribution is 2.26. The zero-order chi connectivity index (χ0) is 20.9. The number of furan rings is 2. The summed E-state index contributed by atoms with van der Waals surface area (Å²) in [4.78, 5) is 12.4. The molecule has 1 aromatic carbocycles. The van der Waals surface area contributed by atoms with E-state index in [0.717, 1.165) is 11.3 Å². The normalized spacial score (nSPS) is 12.1. The second-order valence-electron chi connectivity index (χ2n) is 6.57. The number of halogens is 1. The Bertz CT molecular complexity index is 1090. The van der Waals surface area contributed by atoms with Crippen LogP contribution in [0.2, 0.25) is 5.02 Å². The molecule has 3 aromatic heterocycles. The van der Waals surface area contributed by atoms with Gasteiger partial charge in [0, 0.05) is 10.6 Å². The van der Waals surface area contributed by atoms with E-state index in [0.29, 0.717) is 28.3 Å². The molecular weight excluding hydrogens is 424 g/mol. The Labute approximate surface area is 182 Å². The molecule has 7 nitrogen and oxygen atoms in total. The smallest absolute Gasteiger partial charge is 0.231 e. The average Bonchev–Trinajstić information content (AvgIpc) is 3.50. The number of carbonyl (C=O) groups excluding carboxylic acids is 1. The molecule has 0 aliphatic heterocycles. The van der Waals surface area contributed by atoms with Crippen molar-refractivity contribution in [1.29, 1.82) is 0 Å². The fourth-order valence-corrected chi connectivity index (χ4v) is 3.81. The van der Waals surface area contributed by atoms with Crippen LogP contribution in [0.1, 0.15) is 24.5 Å². The fourth-order valence-electron chi connectivity index (χ4n) is 2.93. The van der Waals surface area contributed by atoms with Crippen molar-refractivity contribution >= 4 is 29.3 Å². The lowest BCUT2D eigenvalue weighted by Crippen LogP contribution is -2.28. The third kappa shape index (κ3) is 4.77. The summed E-state index contributed by atoms with van der Waals surface area (Å²) >= 11 is 7.32. The van der Waals surface area contributed by atoms with Gasteiger partial charge < -0.3 is 14.2 Å². The lowest BCUT2D eigenvalue weighted by Gasteiger charge is -2.12. The van der Waals surface area contributed by atoms with Crippen LogP contribution in [-0.2, 0) is 11.3 Å². The van der Waals surface area contributed by atoms with Gasteiger partial charge in [0.15, 0.2) is 11.0 Å². The molecule has 154 valence electrons. The van der Waals surface area contributed by atoms with Crippen LogP contribution in [0, 0.1) is 0 Å². The van der Waals surface area contributed by atoms with Crippen molar-refractivity contribution in [2.24, 2.45) is 0 Å². The highest BCUT2D eigenvalue weighted by atomic mass is 35.5. The molecular formula is C21H19ClN4O3S. The molecule has 0 saturated heterocycles. The molecule has 3 heterocycles. The van der Waals surface area contributed by atoms with E-state index in [2.05, 4.69) is 15.5 Å². The molecule has 0 spiro atoms. The largest absolute Gasteiger partial charge is 0.467 e. The minimum Gasteiger partial charge on any atom is -0.467 e. The van der Waals surface area contributed by atoms with Crippen molar-refractivity contribution in [2.45, 2.75) is 24.7 Å². The molecule has 4 rings (SSSR count). The summed E-state index contributed by atoms with van der Waals surface area (Å²) in [6, 6.07) is 14.5. The van der Waals surface area contributed by atoms with Crippen LogP contribution in [-0.4, -0.2) is 26.4 Å². The van der Waals surface area contributed by atoms with Crippen LogP contribution in [0.4, 0.5) is 0 Å². The van der Waals surface area contributed by atoms with E-state index in [4.69, 9.17) is 20.4 Å².